The van der Waals surface area contributed by atoms with Crippen LogP contribution in [0.5, 0.6) is 0 Å². The number of sulfonamides is 1. The first kappa shape index (κ1) is 18.4. The highest BCUT2D eigenvalue weighted by Crippen LogP contribution is 2.18. The van der Waals surface area contributed by atoms with Gasteiger partial charge in [0.05, 0.1) is 4.90 Å². The van der Waals surface area contributed by atoms with Crippen LogP contribution in [0, 0.1) is 0 Å². The highest BCUT2D eigenvalue weighted by molar-refractivity contribution is 7.92. The van der Waals surface area contributed by atoms with Gasteiger partial charge in [-0.3, -0.25) is 9.52 Å². The Morgan fingerprint density at radius 2 is 1.48 bits per heavy atom. The Labute approximate surface area is 158 Å². The van der Waals surface area contributed by atoms with Gasteiger partial charge in [0.15, 0.2) is 5.78 Å². The van der Waals surface area contributed by atoms with Crippen LogP contribution in [0.15, 0.2) is 89.8 Å². The average molecular weight is 378 g/mol. The van der Waals surface area contributed by atoms with E-state index in [0.29, 0.717) is 16.9 Å². The Balaban J connectivity index is 1.69. The maximum absolute atomic E-state index is 12.4. The van der Waals surface area contributed by atoms with Gasteiger partial charge in [0.1, 0.15) is 0 Å². The lowest BCUT2D eigenvalue weighted by Crippen LogP contribution is -2.12. The first-order chi connectivity index (χ1) is 12.9. The van der Waals surface area contributed by atoms with Crippen molar-refractivity contribution in [3.63, 3.8) is 0 Å². The summed E-state index contributed by atoms with van der Waals surface area (Å²) in [7, 11) is -3.68. The van der Waals surface area contributed by atoms with Gasteiger partial charge < -0.3 is 5.73 Å². The fourth-order valence-corrected chi connectivity index (χ4v) is 3.45. The number of nitrogens with one attached hydrogen (secondary N) is 1. The number of carbonyl (C=O) groups is 1. The number of nitrogens with two attached hydrogens (primary N) is 1. The van der Waals surface area contributed by atoms with E-state index < -0.39 is 10.0 Å². The van der Waals surface area contributed by atoms with Crippen molar-refractivity contribution in [2.24, 2.45) is 0 Å². The van der Waals surface area contributed by atoms with Gasteiger partial charge >= 0.3 is 0 Å². The Hall–Kier alpha value is -3.38. The van der Waals surface area contributed by atoms with Gasteiger partial charge in [-0.25, -0.2) is 8.42 Å². The minimum atomic E-state index is -3.68. The second-order valence-electron chi connectivity index (χ2n) is 5.86. The summed E-state index contributed by atoms with van der Waals surface area (Å²) >= 11 is 0. The van der Waals surface area contributed by atoms with Crippen LogP contribution in [-0.2, 0) is 10.0 Å². The van der Waals surface area contributed by atoms with Gasteiger partial charge in [-0.1, -0.05) is 48.5 Å². The molecule has 0 radical (unpaired) electrons. The van der Waals surface area contributed by atoms with E-state index in [4.69, 9.17) is 5.73 Å². The molecule has 6 heteroatoms. The Morgan fingerprint density at radius 1 is 0.852 bits per heavy atom. The number of rotatable bonds is 6. The maximum Gasteiger partial charge on any atom is 0.261 e. The molecule has 0 saturated carbocycles. The summed E-state index contributed by atoms with van der Waals surface area (Å²) in [6, 6.07) is 21.7. The predicted octanol–water partition coefficient (Wildman–Crippen LogP) is 3.97. The van der Waals surface area contributed by atoms with Crippen LogP contribution in [0.2, 0.25) is 0 Å². The Bertz CT molecular complexity index is 1060. The summed E-state index contributed by atoms with van der Waals surface area (Å²) in [6.07, 6.45) is 3.18. The molecule has 0 aromatic heterocycles. The highest BCUT2D eigenvalue weighted by Gasteiger charge is 2.13. The molecule has 0 amide bonds. The first-order valence-corrected chi connectivity index (χ1v) is 9.68. The lowest BCUT2D eigenvalue weighted by molar-refractivity contribution is 0.104. The zero-order valence-electron chi connectivity index (χ0n) is 14.4. The SMILES string of the molecule is Nc1ccc(S(=O)(=O)Nc2ccc(/C=C/C(=O)c3ccccc3)cc2)cc1. The molecule has 0 heterocycles. The summed E-state index contributed by atoms with van der Waals surface area (Å²) < 4.78 is 27.2. The number of hydrogen-bond donors (Lipinski definition) is 2. The van der Waals surface area contributed by atoms with E-state index in [0.717, 1.165) is 5.56 Å². The van der Waals surface area contributed by atoms with Crippen LogP contribution in [-0.4, -0.2) is 14.2 Å². The van der Waals surface area contributed by atoms with Crippen LogP contribution in [0.25, 0.3) is 6.08 Å². The van der Waals surface area contributed by atoms with E-state index in [2.05, 4.69) is 4.72 Å². The van der Waals surface area contributed by atoms with E-state index in [1.54, 1.807) is 42.5 Å². The van der Waals surface area contributed by atoms with Crippen LogP contribution in [0.4, 0.5) is 11.4 Å². The number of anilines is 2. The van der Waals surface area contributed by atoms with Crippen molar-refractivity contribution in [3.05, 3.63) is 96.1 Å². The molecule has 0 atom stereocenters. The van der Waals surface area contributed by atoms with Crippen LogP contribution in [0.3, 0.4) is 0 Å². The molecule has 3 N–H and O–H groups in total. The molecular weight excluding hydrogens is 360 g/mol. The minimum absolute atomic E-state index is 0.0938. The minimum Gasteiger partial charge on any atom is -0.399 e. The van der Waals surface area contributed by atoms with Crippen molar-refractivity contribution in [1.29, 1.82) is 0 Å². The van der Waals surface area contributed by atoms with Crippen LogP contribution >= 0.6 is 0 Å². The molecule has 0 aliphatic carbocycles. The molecule has 3 rings (SSSR count). The zero-order valence-corrected chi connectivity index (χ0v) is 15.2. The lowest BCUT2D eigenvalue weighted by atomic mass is 10.1. The van der Waals surface area contributed by atoms with Crippen LogP contribution in [0.1, 0.15) is 15.9 Å². The van der Waals surface area contributed by atoms with E-state index in [1.165, 1.54) is 30.3 Å². The highest BCUT2D eigenvalue weighted by atomic mass is 32.2. The number of ketones is 1. The van der Waals surface area contributed by atoms with Crippen molar-refractivity contribution in [2.75, 3.05) is 10.5 Å². The smallest absolute Gasteiger partial charge is 0.261 e. The molecule has 0 spiro atoms. The monoisotopic (exact) mass is 378 g/mol. The summed E-state index contributed by atoms with van der Waals surface area (Å²) in [6.45, 7) is 0. The molecule has 136 valence electrons. The van der Waals surface area contributed by atoms with Gasteiger partial charge in [0, 0.05) is 16.9 Å². The number of benzene rings is 3. The second kappa shape index (κ2) is 7.88. The number of hydrogen-bond acceptors (Lipinski definition) is 4. The lowest BCUT2D eigenvalue weighted by Gasteiger charge is -2.08. The molecule has 0 aliphatic heterocycles. The first-order valence-electron chi connectivity index (χ1n) is 8.20. The Kier molecular flexibility index (Phi) is 5.38. The van der Waals surface area contributed by atoms with Crippen LogP contribution < -0.4 is 10.5 Å². The summed E-state index contributed by atoms with van der Waals surface area (Å²) in [5.74, 6) is -0.0938. The standard InChI is InChI=1S/C21H18N2O3S/c22-18-9-13-20(14-10-18)27(25,26)23-19-11-6-16(7-12-19)8-15-21(24)17-4-2-1-3-5-17/h1-15,23H,22H2/b15-8+. The predicted molar refractivity (Wildman–Crippen MR) is 108 cm³/mol. The molecule has 0 unspecified atom stereocenters. The maximum atomic E-state index is 12.4. The third-order valence-corrected chi connectivity index (χ3v) is 5.24. The van der Waals surface area contributed by atoms with Crippen molar-refractivity contribution >= 4 is 33.3 Å². The molecule has 5 nitrogen and oxygen atoms in total. The second-order valence-corrected chi connectivity index (χ2v) is 7.54. The molecule has 0 saturated heterocycles. The van der Waals surface area contributed by atoms with E-state index in [1.807, 2.05) is 18.2 Å². The number of nitrogen functional groups attached to an aromatic ring is 1. The molecule has 0 aliphatic rings. The van der Waals surface area contributed by atoms with Gasteiger partial charge in [-0.15, -0.1) is 0 Å². The number of allylic oxidation sites excluding steroid dienone is 1. The van der Waals surface area contributed by atoms with Gasteiger partial charge in [0.2, 0.25) is 0 Å². The molecular formula is C21H18N2O3S. The Morgan fingerprint density at radius 3 is 2.11 bits per heavy atom. The normalized spacial score (nSPS) is 11.4. The topological polar surface area (TPSA) is 89.3 Å². The van der Waals surface area contributed by atoms with Crippen molar-refractivity contribution < 1.29 is 13.2 Å². The average Bonchev–Trinajstić information content (AvgIpc) is 2.68. The summed E-state index contributed by atoms with van der Waals surface area (Å²) in [5, 5.41) is 0. The largest absolute Gasteiger partial charge is 0.399 e. The fraction of sp³-hybridized carbons (Fsp3) is 0. The van der Waals surface area contributed by atoms with E-state index in [9.17, 15) is 13.2 Å². The molecule has 3 aromatic carbocycles. The molecule has 0 fully saturated rings. The van der Waals surface area contributed by atoms with Gasteiger partial charge in [0.25, 0.3) is 10.0 Å². The molecule has 0 bridgehead atoms. The quantitative estimate of drug-likeness (QED) is 0.386. The third-order valence-electron chi connectivity index (χ3n) is 3.84. The fourth-order valence-electron chi connectivity index (χ4n) is 2.39. The third kappa shape index (κ3) is 4.83. The van der Waals surface area contributed by atoms with Crippen molar-refractivity contribution in [2.45, 2.75) is 4.90 Å². The van der Waals surface area contributed by atoms with E-state index >= 15 is 0 Å². The molecule has 3 aromatic rings. The van der Waals surface area contributed by atoms with Gasteiger partial charge in [-0.05, 0) is 48.0 Å². The van der Waals surface area contributed by atoms with Gasteiger partial charge in [-0.2, -0.15) is 0 Å². The van der Waals surface area contributed by atoms with E-state index in [-0.39, 0.29) is 10.7 Å². The molecule has 27 heavy (non-hydrogen) atoms. The van der Waals surface area contributed by atoms with Crippen molar-refractivity contribution in [3.8, 4) is 0 Å². The van der Waals surface area contributed by atoms with Crippen molar-refractivity contribution in [1.82, 2.24) is 0 Å². The summed E-state index contributed by atoms with van der Waals surface area (Å²) in [5.41, 5.74) is 7.90. The summed E-state index contributed by atoms with van der Waals surface area (Å²) in [4.78, 5) is 12.2. The number of carbonyl (C=O) groups excluding carboxylic acids is 1. The zero-order chi connectivity index (χ0) is 19.3.